The zero-order valence-corrected chi connectivity index (χ0v) is 9.52. The van der Waals surface area contributed by atoms with E-state index in [2.05, 4.69) is 23.2 Å². The zero-order chi connectivity index (χ0) is 11.0. The second kappa shape index (κ2) is 3.93. The first-order chi connectivity index (χ1) is 7.86. The maximum atomic E-state index is 6.12. The van der Waals surface area contributed by atoms with Gasteiger partial charge in [0.1, 0.15) is 5.84 Å². The largest absolute Gasteiger partial charge is 0.387 e. The van der Waals surface area contributed by atoms with Crippen molar-refractivity contribution in [2.45, 2.75) is 38.0 Å². The van der Waals surface area contributed by atoms with Crippen molar-refractivity contribution in [3.8, 4) is 0 Å². The van der Waals surface area contributed by atoms with Gasteiger partial charge in [-0.25, -0.2) is 4.99 Å². The van der Waals surface area contributed by atoms with E-state index in [-0.39, 0.29) is 0 Å². The number of nitrogens with two attached hydrogens (primary N) is 1. The van der Waals surface area contributed by atoms with Gasteiger partial charge >= 0.3 is 0 Å². The summed E-state index contributed by atoms with van der Waals surface area (Å²) in [4.78, 5) is 4.57. The van der Waals surface area contributed by atoms with Crippen LogP contribution in [0, 0.1) is 5.92 Å². The van der Waals surface area contributed by atoms with Crippen molar-refractivity contribution in [1.82, 2.24) is 0 Å². The summed E-state index contributed by atoms with van der Waals surface area (Å²) < 4.78 is 0. The summed E-state index contributed by atoms with van der Waals surface area (Å²) in [5, 5.41) is 0. The maximum absolute atomic E-state index is 6.12. The molecule has 1 aliphatic carbocycles. The quantitative estimate of drug-likeness (QED) is 0.706. The molecule has 2 aliphatic rings. The number of rotatable bonds is 0. The molecule has 0 saturated heterocycles. The lowest BCUT2D eigenvalue weighted by atomic mass is 9.79. The molecular weight excluding hydrogens is 196 g/mol. The summed E-state index contributed by atoms with van der Waals surface area (Å²) in [6, 6.07) is 8.49. The molecule has 84 valence electrons. The Morgan fingerprint density at radius 3 is 2.62 bits per heavy atom. The minimum absolute atomic E-state index is 0.498. The van der Waals surface area contributed by atoms with Crippen LogP contribution in [0.2, 0.25) is 0 Å². The number of fused-ring (bicyclic) bond motifs is 3. The van der Waals surface area contributed by atoms with E-state index in [1.807, 2.05) is 6.07 Å². The molecular formula is C14H18N2. The van der Waals surface area contributed by atoms with Crippen LogP contribution in [0.5, 0.6) is 0 Å². The average Bonchev–Trinajstić information content (AvgIpc) is 2.55. The lowest BCUT2D eigenvalue weighted by Crippen LogP contribution is -2.31. The van der Waals surface area contributed by atoms with Crippen LogP contribution >= 0.6 is 0 Å². The Kier molecular flexibility index (Phi) is 2.43. The van der Waals surface area contributed by atoms with Gasteiger partial charge in [-0.3, -0.25) is 0 Å². The third kappa shape index (κ3) is 1.53. The molecule has 0 aromatic heterocycles. The Hall–Kier alpha value is -1.31. The van der Waals surface area contributed by atoms with Crippen LogP contribution in [0.4, 0.5) is 5.69 Å². The molecule has 2 heteroatoms. The van der Waals surface area contributed by atoms with Gasteiger partial charge in [-0.15, -0.1) is 0 Å². The van der Waals surface area contributed by atoms with Gasteiger partial charge < -0.3 is 5.73 Å². The smallest absolute Gasteiger partial charge is 0.103 e. The molecule has 2 N–H and O–H groups in total. The molecule has 2 nitrogen and oxygen atoms in total. The van der Waals surface area contributed by atoms with Crippen molar-refractivity contribution in [1.29, 1.82) is 0 Å². The molecule has 0 radical (unpaired) electrons. The van der Waals surface area contributed by atoms with Crippen LogP contribution < -0.4 is 5.73 Å². The fourth-order valence-electron chi connectivity index (χ4n) is 3.16. The molecule has 1 aromatic rings. The van der Waals surface area contributed by atoms with E-state index in [9.17, 15) is 0 Å². The first-order valence-electron chi connectivity index (χ1n) is 6.29. The van der Waals surface area contributed by atoms with Crippen molar-refractivity contribution in [2.24, 2.45) is 16.6 Å². The number of aliphatic imine (C=N–C) groups is 1. The molecule has 1 aliphatic heterocycles. The summed E-state index contributed by atoms with van der Waals surface area (Å²) in [6.07, 6.45) is 6.48. The van der Waals surface area contributed by atoms with E-state index in [0.717, 1.165) is 11.5 Å². The average molecular weight is 214 g/mol. The third-order valence-corrected chi connectivity index (χ3v) is 3.98. The Morgan fingerprint density at radius 1 is 1.00 bits per heavy atom. The Morgan fingerprint density at radius 2 is 1.75 bits per heavy atom. The van der Waals surface area contributed by atoms with Crippen molar-refractivity contribution < 1.29 is 0 Å². The van der Waals surface area contributed by atoms with Gasteiger partial charge in [-0.05, 0) is 30.4 Å². The van der Waals surface area contributed by atoms with Crippen LogP contribution in [-0.4, -0.2) is 5.84 Å². The molecule has 1 aromatic carbocycles. The van der Waals surface area contributed by atoms with Crippen molar-refractivity contribution in [3.63, 3.8) is 0 Å². The molecule has 2 atom stereocenters. The van der Waals surface area contributed by atoms with Gasteiger partial charge in [0.2, 0.25) is 0 Å². The monoisotopic (exact) mass is 214 g/mol. The lowest BCUT2D eigenvalue weighted by Gasteiger charge is -2.30. The standard InChI is InChI=1S/C14H18N2/c15-14-12-8-3-1-2-6-10(12)11-7-4-5-9-13(11)16-14/h4-5,7,9-10,12H,1-3,6,8H2,(H2,15,16). The highest BCUT2D eigenvalue weighted by molar-refractivity contribution is 5.89. The van der Waals surface area contributed by atoms with Gasteiger partial charge in [0, 0.05) is 5.92 Å². The Balaban J connectivity index is 2.07. The van der Waals surface area contributed by atoms with E-state index in [4.69, 9.17) is 5.73 Å². The topological polar surface area (TPSA) is 38.4 Å². The number of hydrogen-bond acceptors (Lipinski definition) is 2. The second-order valence-electron chi connectivity index (χ2n) is 4.95. The zero-order valence-electron chi connectivity index (χ0n) is 9.52. The number of hydrogen-bond donors (Lipinski definition) is 1. The van der Waals surface area contributed by atoms with Crippen molar-refractivity contribution >= 4 is 11.5 Å². The lowest BCUT2D eigenvalue weighted by molar-refractivity contribution is 0.497. The SMILES string of the molecule is NC1=Nc2ccccc2C2CCCCCC12. The first-order valence-corrected chi connectivity index (χ1v) is 6.29. The van der Waals surface area contributed by atoms with Gasteiger partial charge in [-0.2, -0.15) is 0 Å². The molecule has 1 saturated carbocycles. The van der Waals surface area contributed by atoms with E-state index in [0.29, 0.717) is 11.8 Å². The molecule has 0 amide bonds. The number of para-hydroxylation sites is 1. The maximum Gasteiger partial charge on any atom is 0.103 e. The highest BCUT2D eigenvalue weighted by Gasteiger charge is 2.32. The third-order valence-electron chi connectivity index (χ3n) is 3.98. The van der Waals surface area contributed by atoms with E-state index in [1.54, 1.807) is 0 Å². The summed E-state index contributed by atoms with van der Waals surface area (Å²) in [5.74, 6) is 1.99. The number of amidine groups is 1. The van der Waals surface area contributed by atoms with E-state index in [1.165, 1.54) is 37.7 Å². The molecule has 16 heavy (non-hydrogen) atoms. The predicted molar refractivity (Wildman–Crippen MR) is 67.0 cm³/mol. The Labute approximate surface area is 96.6 Å². The minimum Gasteiger partial charge on any atom is -0.387 e. The molecule has 3 rings (SSSR count). The van der Waals surface area contributed by atoms with Crippen LogP contribution in [0.3, 0.4) is 0 Å². The van der Waals surface area contributed by atoms with Gasteiger partial charge in [-0.1, -0.05) is 37.5 Å². The second-order valence-corrected chi connectivity index (χ2v) is 4.95. The highest BCUT2D eigenvalue weighted by atomic mass is 14.9. The van der Waals surface area contributed by atoms with Gasteiger partial charge in [0.25, 0.3) is 0 Å². The molecule has 2 unspecified atom stereocenters. The fraction of sp³-hybridized carbons (Fsp3) is 0.500. The van der Waals surface area contributed by atoms with Crippen LogP contribution in [0.25, 0.3) is 0 Å². The number of nitrogens with zero attached hydrogens (tertiary/aromatic N) is 1. The van der Waals surface area contributed by atoms with Gasteiger partial charge in [0.15, 0.2) is 0 Å². The fourth-order valence-corrected chi connectivity index (χ4v) is 3.16. The normalized spacial score (nSPS) is 28.6. The summed E-state index contributed by atoms with van der Waals surface area (Å²) in [6.45, 7) is 0. The highest BCUT2D eigenvalue weighted by Crippen LogP contribution is 2.43. The molecule has 0 bridgehead atoms. The molecule has 0 spiro atoms. The summed E-state index contributed by atoms with van der Waals surface area (Å²) >= 11 is 0. The first kappa shape index (κ1) is 9.88. The summed E-state index contributed by atoms with van der Waals surface area (Å²) in [7, 11) is 0. The predicted octanol–water partition coefficient (Wildman–Crippen LogP) is 3.35. The minimum atomic E-state index is 0.498. The van der Waals surface area contributed by atoms with E-state index >= 15 is 0 Å². The molecule has 1 heterocycles. The molecule has 1 fully saturated rings. The van der Waals surface area contributed by atoms with Crippen molar-refractivity contribution in [2.75, 3.05) is 0 Å². The van der Waals surface area contributed by atoms with Crippen LogP contribution in [-0.2, 0) is 0 Å². The van der Waals surface area contributed by atoms with Gasteiger partial charge in [0.05, 0.1) is 5.69 Å². The van der Waals surface area contributed by atoms with Crippen LogP contribution in [0.1, 0.15) is 43.6 Å². The number of benzene rings is 1. The summed E-state index contributed by atoms with van der Waals surface area (Å²) in [5.41, 5.74) is 8.64. The Bertz CT molecular complexity index is 422. The van der Waals surface area contributed by atoms with E-state index < -0.39 is 0 Å². The van der Waals surface area contributed by atoms with Crippen LogP contribution in [0.15, 0.2) is 29.3 Å². The van der Waals surface area contributed by atoms with Crippen molar-refractivity contribution in [3.05, 3.63) is 29.8 Å².